The van der Waals surface area contributed by atoms with Crippen molar-refractivity contribution in [3.05, 3.63) is 72.9 Å². The number of rotatable bonds is 42. The average molecular weight is 823 g/mol. The molecule has 0 saturated carbocycles. The van der Waals surface area contributed by atoms with E-state index in [0.29, 0.717) is 6.61 Å². The minimum Gasteiger partial charge on any atom is -0.457 e. The number of aliphatic hydroxyl groups is 2. The lowest BCUT2D eigenvalue weighted by atomic mass is 10.0. The topological polar surface area (TPSA) is 132 Å². The molecule has 0 bridgehead atoms. The summed E-state index contributed by atoms with van der Waals surface area (Å²) in [6.45, 7) is 3.34. The summed E-state index contributed by atoms with van der Waals surface area (Å²) in [5.74, 6) is -0.393. The highest BCUT2D eigenvalue weighted by molar-refractivity contribution is 7.47. The Balaban J connectivity index is 4.17. The van der Waals surface area contributed by atoms with Crippen LogP contribution >= 0.6 is 7.82 Å². The van der Waals surface area contributed by atoms with Crippen LogP contribution in [0.3, 0.4) is 0 Å². The molecule has 0 spiro atoms. The number of allylic oxidation sites excluding steroid dienone is 12. The van der Waals surface area contributed by atoms with Crippen LogP contribution < -0.4 is 0 Å². The number of esters is 1. The molecule has 0 fully saturated rings. The minimum absolute atomic E-state index is 0.0339. The number of carbonyl (C=O) groups excluding carboxylic acids is 1. The van der Waals surface area contributed by atoms with Gasteiger partial charge in [0.05, 0.1) is 26.4 Å². The van der Waals surface area contributed by atoms with Crippen LogP contribution in [0.4, 0.5) is 0 Å². The number of aliphatic hydroxyl groups excluding tert-OH is 2. The zero-order chi connectivity index (χ0) is 41.8. The van der Waals surface area contributed by atoms with E-state index in [4.69, 9.17) is 23.6 Å². The fraction of sp³-hybridized carbons (Fsp3) is 0.723. The molecule has 57 heavy (non-hydrogen) atoms. The normalized spacial score (nSPS) is 14.7. The predicted molar refractivity (Wildman–Crippen MR) is 237 cm³/mol. The summed E-state index contributed by atoms with van der Waals surface area (Å²) in [7, 11) is -4.52. The van der Waals surface area contributed by atoms with Gasteiger partial charge < -0.3 is 24.6 Å². The van der Waals surface area contributed by atoms with E-state index in [1.165, 1.54) is 57.8 Å². The van der Waals surface area contributed by atoms with E-state index in [9.17, 15) is 19.4 Å². The van der Waals surface area contributed by atoms with Crippen molar-refractivity contribution in [1.29, 1.82) is 0 Å². The number of phosphoric acid groups is 1. The Hall–Kier alpha value is -2.10. The molecular weight excluding hydrogens is 739 g/mol. The lowest BCUT2D eigenvalue weighted by molar-refractivity contribution is -0.154. The highest BCUT2D eigenvalue weighted by Crippen LogP contribution is 2.43. The smallest absolute Gasteiger partial charge is 0.457 e. The van der Waals surface area contributed by atoms with Crippen LogP contribution in [-0.2, 0) is 27.9 Å². The van der Waals surface area contributed by atoms with Gasteiger partial charge in [0, 0.05) is 13.0 Å². The fourth-order valence-corrected chi connectivity index (χ4v) is 6.56. The second-order valence-corrected chi connectivity index (χ2v) is 16.1. The van der Waals surface area contributed by atoms with Crippen molar-refractivity contribution >= 4 is 13.8 Å². The van der Waals surface area contributed by atoms with Gasteiger partial charge in [0.1, 0.15) is 12.2 Å². The maximum Gasteiger partial charge on any atom is 0.472 e. The Morgan fingerprint density at radius 2 is 1.00 bits per heavy atom. The third-order valence-electron chi connectivity index (χ3n) is 9.16. The first kappa shape index (κ1) is 54.9. The summed E-state index contributed by atoms with van der Waals surface area (Å²) >= 11 is 0. The van der Waals surface area contributed by atoms with E-state index in [-0.39, 0.29) is 19.6 Å². The summed E-state index contributed by atoms with van der Waals surface area (Å²) < 4.78 is 33.3. The molecule has 9 nitrogen and oxygen atoms in total. The molecular formula is C47H83O9P. The van der Waals surface area contributed by atoms with Gasteiger partial charge in [-0.15, -0.1) is 0 Å². The third kappa shape index (κ3) is 43.3. The molecule has 0 aromatic carbocycles. The summed E-state index contributed by atoms with van der Waals surface area (Å²) in [5.41, 5.74) is 0. The second kappa shape index (κ2) is 43.5. The van der Waals surface area contributed by atoms with E-state index in [0.717, 1.165) is 96.3 Å². The fourth-order valence-electron chi connectivity index (χ4n) is 5.77. The van der Waals surface area contributed by atoms with Crippen LogP contribution in [0.15, 0.2) is 72.9 Å². The molecule has 0 saturated heterocycles. The Morgan fingerprint density at radius 1 is 0.561 bits per heavy atom. The number of phosphoric ester groups is 1. The highest BCUT2D eigenvalue weighted by Gasteiger charge is 2.26. The minimum atomic E-state index is -4.52. The van der Waals surface area contributed by atoms with Gasteiger partial charge >= 0.3 is 13.8 Å². The van der Waals surface area contributed by atoms with Gasteiger partial charge in [-0.3, -0.25) is 13.8 Å². The summed E-state index contributed by atoms with van der Waals surface area (Å²) in [6.07, 6.45) is 51.5. The first-order chi connectivity index (χ1) is 27.8. The van der Waals surface area contributed by atoms with E-state index in [2.05, 4.69) is 86.8 Å². The first-order valence-electron chi connectivity index (χ1n) is 22.4. The third-order valence-corrected chi connectivity index (χ3v) is 10.1. The largest absolute Gasteiger partial charge is 0.472 e. The molecule has 3 atom stereocenters. The summed E-state index contributed by atoms with van der Waals surface area (Å²) in [6, 6.07) is 0. The Bertz CT molecular complexity index is 1110. The molecule has 3 N–H and O–H groups in total. The molecule has 0 aliphatic heterocycles. The van der Waals surface area contributed by atoms with Crippen LogP contribution in [0.25, 0.3) is 0 Å². The lowest BCUT2D eigenvalue weighted by Crippen LogP contribution is -2.29. The van der Waals surface area contributed by atoms with Crippen LogP contribution in [0.2, 0.25) is 0 Å². The average Bonchev–Trinajstić information content (AvgIpc) is 3.20. The van der Waals surface area contributed by atoms with Crippen molar-refractivity contribution < 1.29 is 43.0 Å². The number of hydrogen-bond donors (Lipinski definition) is 3. The summed E-state index contributed by atoms with van der Waals surface area (Å²) in [5, 5.41) is 18.3. The molecule has 0 heterocycles. The summed E-state index contributed by atoms with van der Waals surface area (Å²) in [4.78, 5) is 22.6. The maximum absolute atomic E-state index is 12.6. The molecule has 0 aliphatic carbocycles. The van der Waals surface area contributed by atoms with Crippen LogP contribution in [-0.4, -0.2) is 66.3 Å². The molecule has 330 valence electrons. The molecule has 0 radical (unpaired) electrons. The highest BCUT2D eigenvalue weighted by atomic mass is 31.2. The lowest BCUT2D eigenvalue weighted by Gasteiger charge is -2.20. The van der Waals surface area contributed by atoms with E-state index >= 15 is 0 Å². The van der Waals surface area contributed by atoms with Crippen molar-refractivity contribution in [3.63, 3.8) is 0 Å². The van der Waals surface area contributed by atoms with Crippen LogP contribution in [0.5, 0.6) is 0 Å². The van der Waals surface area contributed by atoms with E-state index in [1.807, 2.05) is 0 Å². The number of hydrogen-bond acceptors (Lipinski definition) is 8. The van der Waals surface area contributed by atoms with Gasteiger partial charge in [0.15, 0.2) is 0 Å². The van der Waals surface area contributed by atoms with Gasteiger partial charge in [-0.25, -0.2) is 4.57 Å². The molecule has 0 aromatic heterocycles. The second-order valence-electron chi connectivity index (χ2n) is 14.7. The quantitative estimate of drug-likeness (QED) is 0.0238. The van der Waals surface area contributed by atoms with Crippen molar-refractivity contribution in [2.24, 2.45) is 0 Å². The Morgan fingerprint density at radius 3 is 1.51 bits per heavy atom. The van der Waals surface area contributed by atoms with Crippen LogP contribution in [0.1, 0.15) is 174 Å². The van der Waals surface area contributed by atoms with E-state index < -0.39 is 39.2 Å². The van der Waals surface area contributed by atoms with Gasteiger partial charge in [-0.05, 0) is 64.2 Å². The first-order valence-corrected chi connectivity index (χ1v) is 23.9. The Kier molecular flexibility index (Phi) is 41.9. The number of unbranched alkanes of at least 4 members (excludes halogenated alkanes) is 16. The van der Waals surface area contributed by atoms with Gasteiger partial charge in [0.2, 0.25) is 0 Å². The van der Waals surface area contributed by atoms with Crippen LogP contribution in [0, 0.1) is 0 Å². The Labute approximate surface area is 348 Å². The molecule has 0 amide bonds. The van der Waals surface area contributed by atoms with Gasteiger partial charge in [-0.1, -0.05) is 177 Å². The predicted octanol–water partition coefficient (Wildman–Crippen LogP) is 12.5. The zero-order valence-corrected chi connectivity index (χ0v) is 36.9. The zero-order valence-electron chi connectivity index (χ0n) is 36.0. The van der Waals surface area contributed by atoms with Crippen molar-refractivity contribution in [3.8, 4) is 0 Å². The van der Waals surface area contributed by atoms with Crippen molar-refractivity contribution in [2.75, 3.05) is 33.0 Å². The van der Waals surface area contributed by atoms with E-state index in [1.54, 1.807) is 0 Å². The molecule has 0 aromatic rings. The van der Waals surface area contributed by atoms with Crippen molar-refractivity contribution in [2.45, 2.75) is 187 Å². The molecule has 0 aliphatic rings. The van der Waals surface area contributed by atoms with Gasteiger partial charge in [0.25, 0.3) is 0 Å². The standard InChI is InChI=1S/C47H83O9P/c1-3-5-7-9-11-13-15-17-18-19-20-21-22-23-24-25-26-27-28-30-32-34-36-38-40-53-43-46(44-55-57(51,52)54-42-45(49)41-48)56-47(50)39-37-35-33-31-29-16-14-12-10-8-6-4-2/h5,7,11,13,17-18,20-21,23-24,26-27,45-46,48-49H,3-4,6,8-10,12,14-16,19,22,25,28-44H2,1-2H3,(H,51,52)/b7-5-,13-11-,18-17-,21-20-,24-23-,27-26-. The number of ether oxygens (including phenoxy) is 2. The molecule has 10 heteroatoms. The monoisotopic (exact) mass is 823 g/mol. The molecule has 0 rings (SSSR count). The maximum atomic E-state index is 12.6. The number of carbonyl (C=O) groups is 1. The SMILES string of the molecule is CC/C=C\C/C=C\C/C=C\C/C=C\C/C=C\C/C=C\CCCCCCCOCC(COP(=O)(O)OCC(O)CO)OC(=O)CCCCCCCCCCCCCC. The molecule has 3 unspecified atom stereocenters. The van der Waals surface area contributed by atoms with Crippen molar-refractivity contribution in [1.82, 2.24) is 0 Å². The van der Waals surface area contributed by atoms with Gasteiger partial charge in [-0.2, -0.15) is 0 Å².